The summed E-state index contributed by atoms with van der Waals surface area (Å²) < 4.78 is 0. The van der Waals surface area contributed by atoms with Gasteiger partial charge in [-0.2, -0.15) is 5.10 Å². The molecule has 0 radical (unpaired) electrons. The van der Waals surface area contributed by atoms with E-state index < -0.39 is 0 Å². The van der Waals surface area contributed by atoms with Crippen molar-refractivity contribution in [3.8, 4) is 0 Å². The third-order valence-electron chi connectivity index (χ3n) is 2.53. The van der Waals surface area contributed by atoms with Gasteiger partial charge in [0.25, 0.3) is 0 Å². The number of nitrogens with zero attached hydrogens (tertiary/aromatic N) is 3. The zero-order valence-electron chi connectivity index (χ0n) is 8.95. The van der Waals surface area contributed by atoms with Gasteiger partial charge < -0.3 is 10.2 Å². The van der Waals surface area contributed by atoms with E-state index in [1.807, 2.05) is 6.92 Å². The van der Waals surface area contributed by atoms with Gasteiger partial charge >= 0.3 is 0 Å². The van der Waals surface area contributed by atoms with E-state index in [0.29, 0.717) is 12.4 Å². The van der Waals surface area contributed by atoms with Crippen molar-refractivity contribution < 1.29 is 4.79 Å². The van der Waals surface area contributed by atoms with Crippen LogP contribution in [0.1, 0.15) is 11.6 Å². The Balaban J connectivity index is 1.91. The van der Waals surface area contributed by atoms with Gasteiger partial charge in [0.2, 0.25) is 5.91 Å². The summed E-state index contributed by atoms with van der Waals surface area (Å²) in [5, 5.41) is 9.83. The summed E-state index contributed by atoms with van der Waals surface area (Å²) >= 11 is 0. The van der Waals surface area contributed by atoms with Gasteiger partial charge in [0.15, 0.2) is 5.82 Å². The zero-order valence-corrected chi connectivity index (χ0v) is 8.95. The van der Waals surface area contributed by atoms with Crippen LogP contribution in [0.2, 0.25) is 0 Å². The van der Waals surface area contributed by atoms with Crippen molar-refractivity contribution in [2.45, 2.75) is 13.5 Å². The molecule has 0 unspecified atom stereocenters. The van der Waals surface area contributed by atoms with Crippen LogP contribution in [0, 0.1) is 12.8 Å². The molecule has 0 atom stereocenters. The molecule has 6 nitrogen and oxygen atoms in total. The maximum atomic E-state index is 11.8. The van der Waals surface area contributed by atoms with Crippen molar-refractivity contribution in [2.75, 3.05) is 20.1 Å². The maximum absolute atomic E-state index is 11.8. The largest absolute Gasteiger partial charge is 0.338 e. The molecule has 2 N–H and O–H groups in total. The van der Waals surface area contributed by atoms with E-state index in [9.17, 15) is 4.79 Å². The van der Waals surface area contributed by atoms with Crippen LogP contribution in [-0.2, 0) is 11.3 Å². The van der Waals surface area contributed by atoms with Gasteiger partial charge in [0.1, 0.15) is 5.82 Å². The molecule has 0 spiro atoms. The molecular formula is C9H15N5O. The number of aromatic nitrogens is 3. The van der Waals surface area contributed by atoms with Gasteiger partial charge in [-0.15, -0.1) is 0 Å². The molecule has 1 amide bonds. The maximum Gasteiger partial charge on any atom is 0.228 e. The Kier molecular flexibility index (Phi) is 2.68. The normalized spacial score (nSPS) is 16.1. The summed E-state index contributed by atoms with van der Waals surface area (Å²) in [6, 6.07) is 0. The Hall–Kier alpha value is -1.43. The average molecular weight is 209 g/mol. The predicted octanol–water partition coefficient (Wildman–Crippen LogP) is -0.709. The van der Waals surface area contributed by atoms with Gasteiger partial charge in [-0.1, -0.05) is 0 Å². The SMILES string of the molecule is Cc1nc(CN(C)C(=O)C2CNC2)n[nH]1. The van der Waals surface area contributed by atoms with E-state index in [4.69, 9.17) is 0 Å². The summed E-state index contributed by atoms with van der Waals surface area (Å²) in [4.78, 5) is 17.6. The second-order valence-corrected chi connectivity index (χ2v) is 3.89. The number of nitrogens with one attached hydrogen (secondary N) is 2. The number of amides is 1. The first kappa shape index (κ1) is 10.1. The Morgan fingerprint density at radius 1 is 1.60 bits per heavy atom. The van der Waals surface area contributed by atoms with Crippen molar-refractivity contribution in [1.82, 2.24) is 25.4 Å². The highest BCUT2D eigenvalue weighted by molar-refractivity contribution is 5.79. The quantitative estimate of drug-likeness (QED) is 0.689. The molecule has 82 valence electrons. The first-order valence-electron chi connectivity index (χ1n) is 5.00. The summed E-state index contributed by atoms with van der Waals surface area (Å²) in [6.45, 7) is 3.89. The van der Waals surface area contributed by atoms with Gasteiger partial charge in [0.05, 0.1) is 12.5 Å². The number of hydrogen-bond donors (Lipinski definition) is 2. The van der Waals surface area contributed by atoms with Gasteiger partial charge in [-0.3, -0.25) is 9.89 Å². The molecule has 0 aromatic carbocycles. The van der Waals surface area contributed by atoms with Gasteiger partial charge in [-0.25, -0.2) is 4.98 Å². The molecule has 1 aromatic heterocycles. The van der Waals surface area contributed by atoms with E-state index in [-0.39, 0.29) is 11.8 Å². The van der Waals surface area contributed by atoms with Crippen molar-refractivity contribution in [2.24, 2.45) is 5.92 Å². The molecule has 0 bridgehead atoms. The monoisotopic (exact) mass is 209 g/mol. The predicted molar refractivity (Wildman–Crippen MR) is 54.0 cm³/mol. The average Bonchev–Trinajstić information content (AvgIpc) is 2.48. The molecule has 1 aliphatic heterocycles. The molecule has 1 aliphatic rings. The fourth-order valence-electron chi connectivity index (χ4n) is 1.52. The molecule has 6 heteroatoms. The number of aryl methyl sites for hydroxylation is 1. The number of hydrogen-bond acceptors (Lipinski definition) is 4. The van der Waals surface area contributed by atoms with Gasteiger partial charge in [0, 0.05) is 20.1 Å². The Labute approximate surface area is 88.1 Å². The number of carbonyl (C=O) groups is 1. The highest BCUT2D eigenvalue weighted by atomic mass is 16.2. The molecule has 15 heavy (non-hydrogen) atoms. The molecule has 0 aliphatic carbocycles. The Morgan fingerprint density at radius 2 is 2.33 bits per heavy atom. The van der Waals surface area contributed by atoms with Crippen molar-refractivity contribution >= 4 is 5.91 Å². The standard InChI is InChI=1S/C9H15N5O/c1-6-11-8(13-12-6)5-14(2)9(15)7-3-10-4-7/h7,10H,3-5H2,1-2H3,(H,11,12,13). The third kappa shape index (κ3) is 2.15. The number of carbonyl (C=O) groups excluding carboxylic acids is 1. The summed E-state index contributed by atoms with van der Waals surface area (Å²) in [6.07, 6.45) is 0. The molecule has 2 rings (SSSR count). The molecule has 2 heterocycles. The van der Waals surface area contributed by atoms with E-state index in [2.05, 4.69) is 20.5 Å². The minimum Gasteiger partial charge on any atom is -0.338 e. The van der Waals surface area contributed by atoms with E-state index in [1.165, 1.54) is 0 Å². The fourth-order valence-corrected chi connectivity index (χ4v) is 1.52. The lowest BCUT2D eigenvalue weighted by Gasteiger charge is -2.29. The van der Waals surface area contributed by atoms with Crippen LogP contribution in [0.3, 0.4) is 0 Å². The van der Waals surface area contributed by atoms with Gasteiger partial charge in [-0.05, 0) is 6.92 Å². The fraction of sp³-hybridized carbons (Fsp3) is 0.667. The smallest absolute Gasteiger partial charge is 0.228 e. The highest BCUT2D eigenvalue weighted by Crippen LogP contribution is 2.08. The molecule has 1 fully saturated rings. The zero-order chi connectivity index (χ0) is 10.8. The second kappa shape index (κ2) is 3.98. The van der Waals surface area contributed by atoms with Crippen LogP contribution in [0.4, 0.5) is 0 Å². The van der Waals surface area contributed by atoms with Crippen LogP contribution < -0.4 is 5.32 Å². The number of rotatable bonds is 3. The number of H-pyrrole nitrogens is 1. The summed E-state index contributed by atoms with van der Waals surface area (Å²) in [7, 11) is 1.78. The molecule has 1 saturated heterocycles. The lowest BCUT2D eigenvalue weighted by Crippen LogP contribution is -2.51. The van der Waals surface area contributed by atoms with Crippen LogP contribution in [-0.4, -0.2) is 46.1 Å². The van der Waals surface area contributed by atoms with Crippen LogP contribution in [0.5, 0.6) is 0 Å². The summed E-state index contributed by atoms with van der Waals surface area (Å²) in [5.41, 5.74) is 0. The lowest BCUT2D eigenvalue weighted by molar-refractivity contribution is -0.136. The first-order chi connectivity index (χ1) is 7.16. The Morgan fingerprint density at radius 3 is 2.80 bits per heavy atom. The van der Waals surface area contributed by atoms with Crippen molar-refractivity contribution in [1.29, 1.82) is 0 Å². The molecule has 1 aromatic rings. The van der Waals surface area contributed by atoms with Crippen LogP contribution >= 0.6 is 0 Å². The van der Waals surface area contributed by atoms with Crippen molar-refractivity contribution in [3.05, 3.63) is 11.6 Å². The highest BCUT2D eigenvalue weighted by Gasteiger charge is 2.27. The first-order valence-corrected chi connectivity index (χ1v) is 5.00. The summed E-state index contributed by atoms with van der Waals surface area (Å²) in [5.74, 6) is 1.73. The van der Waals surface area contributed by atoms with Crippen LogP contribution in [0.25, 0.3) is 0 Å². The Bertz CT molecular complexity index is 357. The minimum absolute atomic E-state index is 0.134. The topological polar surface area (TPSA) is 73.9 Å². The van der Waals surface area contributed by atoms with Crippen LogP contribution in [0.15, 0.2) is 0 Å². The third-order valence-corrected chi connectivity index (χ3v) is 2.53. The second-order valence-electron chi connectivity index (χ2n) is 3.89. The van der Waals surface area contributed by atoms with Crippen molar-refractivity contribution in [3.63, 3.8) is 0 Å². The minimum atomic E-state index is 0.134. The van der Waals surface area contributed by atoms with E-state index >= 15 is 0 Å². The molecule has 0 saturated carbocycles. The molecular weight excluding hydrogens is 194 g/mol. The number of aromatic amines is 1. The van der Waals surface area contributed by atoms with E-state index in [0.717, 1.165) is 18.9 Å². The lowest BCUT2D eigenvalue weighted by atomic mass is 10.0. The van der Waals surface area contributed by atoms with E-state index in [1.54, 1.807) is 11.9 Å².